The molecule has 0 unspecified atom stereocenters. The molecule has 1 aliphatic rings. The first-order valence-corrected chi connectivity index (χ1v) is 9.81. The van der Waals surface area contributed by atoms with Gasteiger partial charge in [-0.25, -0.2) is 4.79 Å². The molecule has 1 amide bonds. The quantitative estimate of drug-likeness (QED) is 0.410. The maximum atomic E-state index is 12.4. The van der Waals surface area contributed by atoms with E-state index in [1.54, 1.807) is 18.7 Å². The van der Waals surface area contributed by atoms with Crippen molar-refractivity contribution in [1.29, 1.82) is 0 Å². The van der Waals surface area contributed by atoms with E-state index in [0.717, 1.165) is 25.0 Å². The number of thioether (sulfide) groups is 1. The van der Waals surface area contributed by atoms with Crippen molar-refractivity contribution < 1.29 is 19.1 Å². The van der Waals surface area contributed by atoms with E-state index in [1.807, 2.05) is 6.26 Å². The minimum Gasteiger partial charge on any atom is -0.464 e. The van der Waals surface area contributed by atoms with Crippen molar-refractivity contribution in [2.24, 2.45) is 0 Å². The molecule has 0 spiro atoms. The highest BCUT2D eigenvalue weighted by Gasteiger charge is 2.46. The standard InChI is InChI=1S/C16H30N2O4S/c1-5-11(6-2)18-15(19)12(8-9-23-4)17-10-13-14(22-13)16(20)21-7-3/h11-14,17H,5-10H2,1-4H3,(H,18,19)/t12-,13+,14-/m0/s1. The van der Waals surface area contributed by atoms with Crippen molar-refractivity contribution in [2.75, 3.05) is 25.2 Å². The molecule has 134 valence electrons. The largest absolute Gasteiger partial charge is 0.464 e. The number of nitrogens with one attached hydrogen (secondary N) is 2. The van der Waals surface area contributed by atoms with Crippen LogP contribution in [0.25, 0.3) is 0 Å². The molecule has 23 heavy (non-hydrogen) atoms. The summed E-state index contributed by atoms with van der Waals surface area (Å²) in [5, 5.41) is 6.32. The van der Waals surface area contributed by atoms with E-state index >= 15 is 0 Å². The minimum absolute atomic E-state index is 0.0288. The van der Waals surface area contributed by atoms with E-state index < -0.39 is 6.10 Å². The average Bonchev–Trinajstić information content (AvgIpc) is 3.32. The fraction of sp³-hybridized carbons (Fsp3) is 0.875. The Morgan fingerprint density at radius 2 is 1.96 bits per heavy atom. The monoisotopic (exact) mass is 346 g/mol. The van der Waals surface area contributed by atoms with Crippen LogP contribution in [-0.2, 0) is 19.1 Å². The first-order valence-electron chi connectivity index (χ1n) is 8.42. The molecule has 1 rings (SSSR count). The van der Waals surface area contributed by atoms with Gasteiger partial charge >= 0.3 is 5.97 Å². The molecule has 6 nitrogen and oxygen atoms in total. The predicted octanol–water partition coefficient (Wildman–Crippen LogP) is 1.33. The maximum Gasteiger partial charge on any atom is 0.338 e. The third-order valence-corrected chi connectivity index (χ3v) is 4.57. The van der Waals surface area contributed by atoms with Gasteiger partial charge in [0.2, 0.25) is 5.91 Å². The molecule has 0 aromatic carbocycles. The van der Waals surface area contributed by atoms with Gasteiger partial charge in [-0.15, -0.1) is 0 Å². The van der Waals surface area contributed by atoms with Gasteiger partial charge in [0, 0.05) is 12.6 Å². The van der Waals surface area contributed by atoms with Crippen molar-refractivity contribution in [2.45, 2.75) is 64.3 Å². The van der Waals surface area contributed by atoms with Gasteiger partial charge in [-0.2, -0.15) is 11.8 Å². The SMILES string of the molecule is CCOC(=O)[C@H]1O[C@@H]1CN[C@@H](CCSC)C(=O)NC(CC)CC. The zero-order valence-corrected chi connectivity index (χ0v) is 15.4. The molecular weight excluding hydrogens is 316 g/mol. The fourth-order valence-electron chi connectivity index (χ4n) is 2.34. The van der Waals surface area contributed by atoms with Crippen LogP contribution in [0.3, 0.4) is 0 Å². The van der Waals surface area contributed by atoms with Gasteiger partial charge < -0.3 is 20.1 Å². The maximum absolute atomic E-state index is 12.4. The van der Waals surface area contributed by atoms with Crippen LogP contribution in [0.15, 0.2) is 0 Å². The molecule has 1 aliphatic heterocycles. The zero-order valence-electron chi connectivity index (χ0n) is 14.6. The number of hydrogen-bond donors (Lipinski definition) is 2. The number of ether oxygens (including phenoxy) is 2. The summed E-state index contributed by atoms with van der Waals surface area (Å²) < 4.78 is 10.2. The number of carbonyl (C=O) groups is 2. The predicted molar refractivity (Wildman–Crippen MR) is 92.6 cm³/mol. The molecule has 3 atom stereocenters. The number of hydrogen-bond acceptors (Lipinski definition) is 6. The Hall–Kier alpha value is -0.790. The first kappa shape index (κ1) is 20.3. The van der Waals surface area contributed by atoms with Crippen LogP contribution in [0.2, 0.25) is 0 Å². The van der Waals surface area contributed by atoms with Crippen LogP contribution in [0.1, 0.15) is 40.0 Å². The van der Waals surface area contributed by atoms with Gasteiger partial charge in [0.15, 0.2) is 6.10 Å². The highest BCUT2D eigenvalue weighted by atomic mass is 32.2. The molecule has 0 aromatic heterocycles. The van der Waals surface area contributed by atoms with E-state index in [4.69, 9.17) is 9.47 Å². The number of rotatable bonds is 12. The fourth-order valence-corrected chi connectivity index (χ4v) is 2.82. The van der Waals surface area contributed by atoms with Gasteiger partial charge in [0.25, 0.3) is 0 Å². The lowest BCUT2D eigenvalue weighted by atomic mass is 10.1. The van der Waals surface area contributed by atoms with Gasteiger partial charge in [-0.05, 0) is 38.2 Å². The smallest absolute Gasteiger partial charge is 0.338 e. The summed E-state index contributed by atoms with van der Waals surface area (Å²) in [6.45, 7) is 6.75. The van der Waals surface area contributed by atoms with Gasteiger partial charge in [0.05, 0.1) is 12.6 Å². The Bertz CT molecular complexity index is 377. The second-order valence-electron chi connectivity index (χ2n) is 5.61. The molecule has 0 aliphatic carbocycles. The van der Waals surface area contributed by atoms with Gasteiger partial charge in [-0.1, -0.05) is 13.8 Å². The summed E-state index contributed by atoms with van der Waals surface area (Å²) in [6.07, 6.45) is 3.96. The molecule has 1 fully saturated rings. The lowest BCUT2D eigenvalue weighted by molar-refractivity contribution is -0.144. The number of esters is 1. The summed E-state index contributed by atoms with van der Waals surface area (Å²) in [4.78, 5) is 23.9. The highest BCUT2D eigenvalue weighted by molar-refractivity contribution is 7.98. The van der Waals surface area contributed by atoms with Crippen LogP contribution >= 0.6 is 11.8 Å². The number of amides is 1. The number of carbonyl (C=O) groups excluding carboxylic acids is 2. The van der Waals surface area contributed by atoms with Crippen LogP contribution < -0.4 is 10.6 Å². The summed E-state index contributed by atoms with van der Waals surface area (Å²) >= 11 is 1.71. The summed E-state index contributed by atoms with van der Waals surface area (Å²) in [5.41, 5.74) is 0. The second kappa shape index (κ2) is 10.9. The van der Waals surface area contributed by atoms with Crippen molar-refractivity contribution in [1.82, 2.24) is 10.6 Å². The van der Waals surface area contributed by atoms with Crippen molar-refractivity contribution in [3.05, 3.63) is 0 Å². The van der Waals surface area contributed by atoms with E-state index in [0.29, 0.717) is 13.2 Å². The Kier molecular flexibility index (Phi) is 9.59. The molecule has 1 saturated heterocycles. The summed E-state index contributed by atoms with van der Waals surface area (Å²) in [5.74, 6) is 0.614. The van der Waals surface area contributed by atoms with Crippen LogP contribution in [0, 0.1) is 0 Å². The lowest BCUT2D eigenvalue weighted by Crippen LogP contribution is -2.49. The van der Waals surface area contributed by atoms with E-state index in [-0.39, 0.29) is 30.1 Å². The third kappa shape index (κ3) is 7.10. The number of epoxide rings is 1. The molecular formula is C16H30N2O4S. The molecule has 0 saturated carbocycles. The normalized spacial score (nSPS) is 21.1. The van der Waals surface area contributed by atoms with E-state index in [2.05, 4.69) is 24.5 Å². The van der Waals surface area contributed by atoms with Crippen LogP contribution in [-0.4, -0.2) is 61.3 Å². The topological polar surface area (TPSA) is 80.0 Å². The second-order valence-corrected chi connectivity index (χ2v) is 6.60. The van der Waals surface area contributed by atoms with Crippen molar-refractivity contribution >= 4 is 23.6 Å². The average molecular weight is 346 g/mol. The molecule has 1 heterocycles. The molecule has 0 radical (unpaired) electrons. The molecule has 2 N–H and O–H groups in total. The van der Waals surface area contributed by atoms with Gasteiger partial charge in [0.1, 0.15) is 6.10 Å². The van der Waals surface area contributed by atoms with Crippen molar-refractivity contribution in [3.63, 3.8) is 0 Å². The third-order valence-electron chi connectivity index (χ3n) is 3.93. The van der Waals surface area contributed by atoms with Gasteiger partial charge in [-0.3, -0.25) is 4.79 Å². The summed E-state index contributed by atoms with van der Waals surface area (Å²) in [6, 6.07) is -0.0411. The van der Waals surface area contributed by atoms with E-state index in [1.165, 1.54) is 0 Å². The van der Waals surface area contributed by atoms with Crippen LogP contribution in [0.5, 0.6) is 0 Å². The Morgan fingerprint density at radius 1 is 1.26 bits per heavy atom. The lowest BCUT2D eigenvalue weighted by Gasteiger charge is -2.21. The minimum atomic E-state index is -0.481. The first-order chi connectivity index (χ1) is 11.1. The highest BCUT2D eigenvalue weighted by Crippen LogP contribution is 2.22. The Balaban J connectivity index is 2.42. The molecule has 7 heteroatoms. The Labute approximate surface area is 143 Å². The summed E-state index contributed by atoms with van der Waals surface area (Å²) in [7, 11) is 0. The Morgan fingerprint density at radius 3 is 2.52 bits per heavy atom. The molecule has 0 bridgehead atoms. The van der Waals surface area contributed by atoms with Crippen molar-refractivity contribution in [3.8, 4) is 0 Å². The van der Waals surface area contributed by atoms with Crippen LogP contribution in [0.4, 0.5) is 0 Å². The van der Waals surface area contributed by atoms with E-state index in [9.17, 15) is 9.59 Å². The molecule has 0 aromatic rings. The zero-order chi connectivity index (χ0) is 17.2.